The summed E-state index contributed by atoms with van der Waals surface area (Å²) in [5.74, 6) is 1.62. The van der Waals surface area contributed by atoms with Gasteiger partial charge >= 0.3 is 0 Å². The van der Waals surface area contributed by atoms with Crippen molar-refractivity contribution in [1.82, 2.24) is 19.7 Å². The van der Waals surface area contributed by atoms with Gasteiger partial charge in [-0.05, 0) is 41.8 Å². The molecule has 4 aromatic rings. The van der Waals surface area contributed by atoms with Crippen LogP contribution in [0.5, 0.6) is 5.75 Å². The fourth-order valence-corrected chi connectivity index (χ4v) is 4.25. The molecule has 33 heavy (non-hydrogen) atoms. The van der Waals surface area contributed by atoms with Gasteiger partial charge < -0.3 is 10.1 Å². The van der Waals surface area contributed by atoms with E-state index in [-0.39, 0.29) is 11.7 Å². The first-order chi connectivity index (χ1) is 16.1. The number of thioether (sulfide) groups is 1. The quantitative estimate of drug-likeness (QED) is 0.365. The molecule has 0 fully saturated rings. The number of para-hydroxylation sites is 3. The van der Waals surface area contributed by atoms with Gasteiger partial charge in [0.15, 0.2) is 11.0 Å². The van der Waals surface area contributed by atoms with Gasteiger partial charge in [0.2, 0.25) is 5.91 Å². The van der Waals surface area contributed by atoms with Crippen molar-refractivity contribution in [2.75, 3.05) is 18.2 Å². The summed E-state index contributed by atoms with van der Waals surface area (Å²) in [5, 5.41) is 12.4. The zero-order valence-corrected chi connectivity index (χ0v) is 19.5. The lowest BCUT2D eigenvalue weighted by molar-refractivity contribution is -0.113. The second-order valence-electron chi connectivity index (χ2n) is 7.63. The number of ether oxygens (including phenoxy) is 1. The summed E-state index contributed by atoms with van der Waals surface area (Å²) in [6.07, 6.45) is 3.49. The lowest BCUT2D eigenvalue weighted by atomic mass is 10.0. The highest BCUT2D eigenvalue weighted by atomic mass is 32.2. The van der Waals surface area contributed by atoms with Gasteiger partial charge in [-0.15, -0.1) is 10.2 Å². The van der Waals surface area contributed by atoms with Crippen LogP contribution in [0, 0.1) is 0 Å². The van der Waals surface area contributed by atoms with Gasteiger partial charge in [-0.1, -0.05) is 55.9 Å². The Morgan fingerprint density at radius 3 is 2.61 bits per heavy atom. The van der Waals surface area contributed by atoms with Gasteiger partial charge in [0.25, 0.3) is 0 Å². The zero-order valence-electron chi connectivity index (χ0n) is 18.7. The van der Waals surface area contributed by atoms with E-state index in [1.807, 2.05) is 53.1 Å². The van der Waals surface area contributed by atoms with Crippen LogP contribution in [0.15, 0.2) is 78.2 Å². The van der Waals surface area contributed by atoms with Crippen LogP contribution >= 0.6 is 11.8 Å². The molecule has 0 saturated heterocycles. The minimum Gasteiger partial charge on any atom is -0.495 e. The SMILES string of the molecule is COc1ccccc1NC(=O)CSc1nnc(-c2cccnc2)n1-c1ccccc1C(C)C. The summed E-state index contributed by atoms with van der Waals surface area (Å²) >= 11 is 1.33. The number of amides is 1. The Bertz CT molecular complexity index is 1240. The van der Waals surface area contributed by atoms with Crippen LogP contribution in [0.25, 0.3) is 17.1 Å². The molecular formula is C25H25N5O2S. The van der Waals surface area contributed by atoms with Gasteiger partial charge in [-0.25, -0.2) is 0 Å². The smallest absolute Gasteiger partial charge is 0.234 e. The minimum absolute atomic E-state index is 0.154. The second-order valence-corrected chi connectivity index (χ2v) is 8.58. The van der Waals surface area contributed by atoms with Crippen molar-refractivity contribution in [2.24, 2.45) is 0 Å². The fraction of sp³-hybridized carbons (Fsp3) is 0.200. The summed E-state index contributed by atoms with van der Waals surface area (Å²) in [4.78, 5) is 16.9. The number of carbonyl (C=O) groups is 1. The maximum absolute atomic E-state index is 12.7. The van der Waals surface area contributed by atoms with E-state index in [0.717, 1.165) is 11.3 Å². The summed E-state index contributed by atoms with van der Waals surface area (Å²) in [7, 11) is 1.58. The van der Waals surface area contributed by atoms with Gasteiger partial charge in [-0.2, -0.15) is 0 Å². The average Bonchev–Trinajstić information content (AvgIpc) is 3.27. The number of nitrogens with zero attached hydrogens (tertiary/aromatic N) is 4. The summed E-state index contributed by atoms with van der Waals surface area (Å²) in [6.45, 7) is 4.31. The highest BCUT2D eigenvalue weighted by Gasteiger charge is 2.20. The Morgan fingerprint density at radius 1 is 1.06 bits per heavy atom. The van der Waals surface area contributed by atoms with Crippen LogP contribution in [0.1, 0.15) is 25.3 Å². The third-order valence-electron chi connectivity index (χ3n) is 5.07. The maximum Gasteiger partial charge on any atom is 0.234 e. The number of methoxy groups -OCH3 is 1. The number of nitrogens with one attached hydrogen (secondary N) is 1. The first-order valence-electron chi connectivity index (χ1n) is 10.6. The van der Waals surface area contributed by atoms with Crippen molar-refractivity contribution in [1.29, 1.82) is 0 Å². The van der Waals surface area contributed by atoms with Crippen molar-refractivity contribution in [2.45, 2.75) is 24.9 Å². The molecule has 2 aromatic carbocycles. The van der Waals surface area contributed by atoms with Gasteiger partial charge in [0.1, 0.15) is 5.75 Å². The normalized spacial score (nSPS) is 10.9. The van der Waals surface area contributed by atoms with Gasteiger partial charge in [0, 0.05) is 18.0 Å². The molecule has 0 saturated carbocycles. The van der Waals surface area contributed by atoms with Crippen molar-refractivity contribution in [3.63, 3.8) is 0 Å². The van der Waals surface area contributed by atoms with Gasteiger partial charge in [0.05, 0.1) is 24.2 Å². The topological polar surface area (TPSA) is 81.9 Å². The van der Waals surface area contributed by atoms with Crippen molar-refractivity contribution in [3.8, 4) is 22.8 Å². The third-order valence-corrected chi connectivity index (χ3v) is 6.00. The van der Waals surface area contributed by atoms with Crippen molar-refractivity contribution >= 4 is 23.4 Å². The molecule has 4 rings (SSSR count). The Morgan fingerprint density at radius 2 is 1.85 bits per heavy atom. The van der Waals surface area contributed by atoms with Crippen LogP contribution in [0.3, 0.4) is 0 Å². The number of carbonyl (C=O) groups excluding carboxylic acids is 1. The number of anilines is 1. The van der Waals surface area contributed by atoms with E-state index in [2.05, 4.69) is 46.5 Å². The Kier molecular flexibility index (Phi) is 7.04. The molecule has 2 heterocycles. The largest absolute Gasteiger partial charge is 0.495 e. The van der Waals surface area contributed by atoms with Crippen LogP contribution in [0.2, 0.25) is 0 Å². The Balaban J connectivity index is 1.65. The van der Waals surface area contributed by atoms with Crippen LogP contribution in [-0.4, -0.2) is 38.5 Å². The van der Waals surface area contributed by atoms with E-state index >= 15 is 0 Å². The second kappa shape index (κ2) is 10.3. The number of rotatable bonds is 8. The number of benzene rings is 2. The van der Waals surface area contributed by atoms with E-state index < -0.39 is 0 Å². The lowest BCUT2D eigenvalue weighted by Crippen LogP contribution is -2.15. The maximum atomic E-state index is 12.7. The number of hydrogen-bond acceptors (Lipinski definition) is 6. The number of hydrogen-bond donors (Lipinski definition) is 1. The van der Waals surface area contributed by atoms with E-state index in [0.29, 0.717) is 28.3 Å². The summed E-state index contributed by atoms with van der Waals surface area (Å²) < 4.78 is 7.33. The molecule has 0 bridgehead atoms. The standard InChI is InChI=1S/C25H25N5O2S/c1-17(2)19-10-4-6-12-21(19)30-24(18-9-8-14-26-15-18)28-29-25(30)33-16-23(31)27-20-11-5-7-13-22(20)32-3/h4-15,17H,16H2,1-3H3,(H,27,31). The van der Waals surface area contributed by atoms with Gasteiger partial charge in [-0.3, -0.25) is 14.3 Å². The van der Waals surface area contributed by atoms with E-state index in [9.17, 15) is 4.79 Å². The highest BCUT2D eigenvalue weighted by Crippen LogP contribution is 2.32. The molecule has 0 aliphatic rings. The molecule has 0 aliphatic carbocycles. The molecule has 0 spiro atoms. The molecule has 2 aromatic heterocycles. The highest BCUT2D eigenvalue weighted by molar-refractivity contribution is 7.99. The first kappa shape index (κ1) is 22.5. The summed E-state index contributed by atoms with van der Waals surface area (Å²) in [6, 6.07) is 19.3. The predicted octanol–water partition coefficient (Wildman–Crippen LogP) is 5.19. The number of aromatic nitrogens is 4. The first-order valence-corrected chi connectivity index (χ1v) is 11.6. The van der Waals surface area contributed by atoms with Crippen LogP contribution in [0.4, 0.5) is 5.69 Å². The fourth-order valence-electron chi connectivity index (χ4n) is 3.51. The van der Waals surface area contributed by atoms with Crippen molar-refractivity contribution in [3.05, 3.63) is 78.6 Å². The monoisotopic (exact) mass is 459 g/mol. The summed E-state index contributed by atoms with van der Waals surface area (Å²) in [5.41, 5.74) is 3.65. The molecule has 7 nitrogen and oxygen atoms in total. The Labute approximate surface area is 197 Å². The molecular weight excluding hydrogens is 434 g/mol. The van der Waals surface area contributed by atoms with Crippen molar-refractivity contribution < 1.29 is 9.53 Å². The zero-order chi connectivity index (χ0) is 23.2. The lowest BCUT2D eigenvalue weighted by Gasteiger charge is -2.17. The molecule has 1 amide bonds. The molecule has 0 aliphatic heterocycles. The average molecular weight is 460 g/mol. The molecule has 8 heteroatoms. The number of pyridine rings is 1. The van der Waals surface area contributed by atoms with E-state index in [1.165, 1.54) is 17.3 Å². The van der Waals surface area contributed by atoms with E-state index in [4.69, 9.17) is 4.74 Å². The molecule has 0 unspecified atom stereocenters. The molecule has 0 radical (unpaired) electrons. The molecule has 0 atom stereocenters. The van der Waals surface area contributed by atoms with E-state index in [1.54, 1.807) is 19.5 Å². The Hall–Kier alpha value is -3.65. The minimum atomic E-state index is -0.154. The van der Waals surface area contributed by atoms with Crippen LogP contribution < -0.4 is 10.1 Å². The predicted molar refractivity (Wildman–Crippen MR) is 131 cm³/mol. The third kappa shape index (κ3) is 5.06. The molecule has 1 N–H and O–H groups in total. The van der Waals surface area contributed by atoms with Crippen LogP contribution in [-0.2, 0) is 4.79 Å². The molecule has 168 valence electrons.